The average Bonchev–Trinajstić information content (AvgIpc) is 2.37. The lowest BCUT2D eigenvalue weighted by molar-refractivity contribution is -0.0679. The molecule has 1 amide bonds. The third-order valence-electron chi connectivity index (χ3n) is 3.06. The molecule has 1 N–H and O–H groups in total. The number of amides is 1. The summed E-state index contributed by atoms with van der Waals surface area (Å²) in [5, 5.41) is 10.2. The predicted octanol–water partition coefficient (Wildman–Crippen LogP) is 1.79. The lowest BCUT2D eigenvalue weighted by Gasteiger charge is -2.38. The van der Waals surface area contributed by atoms with Crippen molar-refractivity contribution in [1.82, 2.24) is 4.90 Å². The number of morpholine rings is 1. The van der Waals surface area contributed by atoms with Crippen LogP contribution in [-0.2, 0) is 9.47 Å². The Morgan fingerprint density at radius 3 is 2.90 bits per heavy atom. The third kappa shape index (κ3) is 5.40. The Labute approximate surface area is 121 Å². The van der Waals surface area contributed by atoms with Gasteiger partial charge in [0, 0.05) is 13.0 Å². The third-order valence-corrected chi connectivity index (χ3v) is 3.06. The van der Waals surface area contributed by atoms with Crippen LogP contribution in [0.25, 0.3) is 0 Å². The highest BCUT2D eigenvalue weighted by Gasteiger charge is 2.34. The Morgan fingerprint density at radius 1 is 1.60 bits per heavy atom. The van der Waals surface area contributed by atoms with E-state index in [1.807, 2.05) is 20.8 Å². The summed E-state index contributed by atoms with van der Waals surface area (Å²) in [6.07, 6.45) is 6.06. The number of ether oxygens (including phenoxy) is 2. The maximum atomic E-state index is 12.2. The number of hydrogen-bond acceptors (Lipinski definition) is 4. The fourth-order valence-corrected chi connectivity index (χ4v) is 2.09. The van der Waals surface area contributed by atoms with Gasteiger partial charge in [-0.05, 0) is 33.6 Å². The van der Waals surface area contributed by atoms with Crippen LogP contribution in [-0.4, -0.2) is 53.6 Å². The lowest BCUT2D eigenvalue weighted by atomic mass is 10.0. The zero-order valence-corrected chi connectivity index (χ0v) is 12.6. The molecule has 1 heterocycles. The number of aliphatic hydroxyl groups is 1. The van der Waals surface area contributed by atoms with Crippen molar-refractivity contribution in [3.63, 3.8) is 0 Å². The van der Waals surface area contributed by atoms with Gasteiger partial charge in [-0.3, -0.25) is 4.90 Å². The van der Waals surface area contributed by atoms with Crippen molar-refractivity contribution >= 4 is 6.09 Å². The smallest absolute Gasteiger partial charge is 0.410 e. The van der Waals surface area contributed by atoms with Crippen LogP contribution in [0, 0.1) is 12.3 Å². The van der Waals surface area contributed by atoms with Crippen molar-refractivity contribution in [2.45, 2.75) is 57.8 Å². The maximum Gasteiger partial charge on any atom is 0.410 e. The maximum absolute atomic E-state index is 12.2. The number of aliphatic hydroxyl groups excluding tert-OH is 1. The molecule has 0 aromatic rings. The second kappa shape index (κ2) is 7.51. The minimum Gasteiger partial charge on any atom is -0.444 e. The van der Waals surface area contributed by atoms with Gasteiger partial charge in [-0.2, -0.15) is 0 Å². The minimum absolute atomic E-state index is 0.330. The largest absolute Gasteiger partial charge is 0.444 e. The molecular formula is C15H25NO4. The SMILES string of the molecule is C#CCCCC(O)C1COCCN1C(=O)OC(C)(C)C. The number of hydrogen-bond donors (Lipinski definition) is 1. The molecule has 1 rings (SSSR count). The van der Waals surface area contributed by atoms with E-state index in [9.17, 15) is 9.90 Å². The average molecular weight is 283 g/mol. The monoisotopic (exact) mass is 283 g/mol. The molecule has 5 heteroatoms. The van der Waals surface area contributed by atoms with Gasteiger partial charge in [-0.25, -0.2) is 4.79 Å². The summed E-state index contributed by atoms with van der Waals surface area (Å²) in [5.74, 6) is 2.54. The topological polar surface area (TPSA) is 59.0 Å². The summed E-state index contributed by atoms with van der Waals surface area (Å²) >= 11 is 0. The van der Waals surface area contributed by atoms with Crippen LogP contribution in [0.5, 0.6) is 0 Å². The molecule has 1 saturated heterocycles. The number of unbranched alkanes of at least 4 members (excludes halogenated alkanes) is 1. The van der Waals surface area contributed by atoms with E-state index in [0.717, 1.165) is 6.42 Å². The molecule has 1 aliphatic heterocycles. The fraction of sp³-hybridized carbons (Fsp3) is 0.800. The summed E-state index contributed by atoms with van der Waals surface area (Å²) in [5.41, 5.74) is -0.547. The van der Waals surface area contributed by atoms with Gasteiger partial charge in [-0.1, -0.05) is 0 Å². The Kier molecular flexibility index (Phi) is 6.31. The van der Waals surface area contributed by atoms with E-state index in [4.69, 9.17) is 15.9 Å². The first-order valence-corrected chi connectivity index (χ1v) is 7.04. The van der Waals surface area contributed by atoms with Crippen LogP contribution < -0.4 is 0 Å². The van der Waals surface area contributed by atoms with Crippen LogP contribution in [0.3, 0.4) is 0 Å². The van der Waals surface area contributed by atoms with E-state index in [-0.39, 0.29) is 6.04 Å². The lowest BCUT2D eigenvalue weighted by Crippen LogP contribution is -2.55. The molecule has 2 atom stereocenters. The zero-order chi connectivity index (χ0) is 15.2. The number of carbonyl (C=O) groups excluding carboxylic acids is 1. The molecule has 0 radical (unpaired) electrons. The van der Waals surface area contributed by atoms with Gasteiger partial charge in [0.2, 0.25) is 0 Å². The van der Waals surface area contributed by atoms with Crippen LogP contribution in [0.1, 0.15) is 40.0 Å². The van der Waals surface area contributed by atoms with Crippen molar-refractivity contribution < 1.29 is 19.4 Å². The van der Waals surface area contributed by atoms with E-state index in [2.05, 4.69) is 5.92 Å². The molecule has 0 saturated carbocycles. The normalized spacial score (nSPS) is 21.1. The molecule has 20 heavy (non-hydrogen) atoms. The molecule has 0 spiro atoms. The number of terminal acetylenes is 1. The summed E-state index contributed by atoms with van der Waals surface area (Å²) in [4.78, 5) is 13.7. The van der Waals surface area contributed by atoms with Gasteiger partial charge < -0.3 is 14.6 Å². The van der Waals surface area contributed by atoms with Crippen LogP contribution in [0.2, 0.25) is 0 Å². The van der Waals surface area contributed by atoms with Crippen molar-refractivity contribution in [2.24, 2.45) is 0 Å². The van der Waals surface area contributed by atoms with Gasteiger partial charge in [0.25, 0.3) is 0 Å². The first-order valence-electron chi connectivity index (χ1n) is 7.04. The summed E-state index contributed by atoms with van der Waals surface area (Å²) in [6, 6.07) is -0.364. The van der Waals surface area contributed by atoms with Gasteiger partial charge in [-0.15, -0.1) is 12.3 Å². The molecule has 0 aromatic carbocycles. The summed E-state index contributed by atoms with van der Waals surface area (Å²) in [6.45, 7) is 6.70. The predicted molar refractivity (Wildman–Crippen MR) is 76.2 cm³/mol. The van der Waals surface area contributed by atoms with Crippen molar-refractivity contribution in [3.05, 3.63) is 0 Å². The van der Waals surface area contributed by atoms with Gasteiger partial charge in [0.15, 0.2) is 0 Å². The molecule has 1 fully saturated rings. The standard InChI is InChI=1S/C15H25NO4/c1-5-6-7-8-13(17)12-11-19-10-9-16(12)14(18)20-15(2,3)4/h1,12-13,17H,6-11H2,2-4H3. The molecule has 0 bridgehead atoms. The van der Waals surface area contributed by atoms with E-state index in [0.29, 0.717) is 32.6 Å². The van der Waals surface area contributed by atoms with E-state index in [1.165, 1.54) is 0 Å². The molecule has 1 aliphatic rings. The van der Waals surface area contributed by atoms with Gasteiger partial charge in [0.05, 0.1) is 25.4 Å². The van der Waals surface area contributed by atoms with Gasteiger partial charge in [0.1, 0.15) is 5.60 Å². The summed E-state index contributed by atoms with van der Waals surface area (Å²) in [7, 11) is 0. The van der Waals surface area contributed by atoms with Crippen LogP contribution in [0.15, 0.2) is 0 Å². The highest BCUT2D eigenvalue weighted by Crippen LogP contribution is 2.19. The molecule has 114 valence electrons. The van der Waals surface area contributed by atoms with E-state index >= 15 is 0 Å². The van der Waals surface area contributed by atoms with Crippen molar-refractivity contribution in [3.8, 4) is 12.3 Å². The fourth-order valence-electron chi connectivity index (χ4n) is 2.09. The molecule has 5 nitrogen and oxygen atoms in total. The highest BCUT2D eigenvalue weighted by molar-refractivity contribution is 5.68. The van der Waals surface area contributed by atoms with E-state index < -0.39 is 17.8 Å². The number of rotatable bonds is 4. The van der Waals surface area contributed by atoms with Crippen molar-refractivity contribution in [2.75, 3.05) is 19.8 Å². The van der Waals surface area contributed by atoms with Crippen LogP contribution in [0.4, 0.5) is 4.79 Å². The first kappa shape index (κ1) is 16.8. The number of nitrogens with zero attached hydrogens (tertiary/aromatic N) is 1. The molecule has 0 aromatic heterocycles. The zero-order valence-electron chi connectivity index (χ0n) is 12.6. The quantitative estimate of drug-likeness (QED) is 0.631. The molecule has 0 aliphatic carbocycles. The molecule has 2 unspecified atom stereocenters. The Hall–Kier alpha value is -1.25. The summed E-state index contributed by atoms with van der Waals surface area (Å²) < 4.78 is 10.7. The van der Waals surface area contributed by atoms with Gasteiger partial charge >= 0.3 is 6.09 Å². The second-order valence-corrected chi connectivity index (χ2v) is 5.98. The van der Waals surface area contributed by atoms with Crippen molar-refractivity contribution in [1.29, 1.82) is 0 Å². The Balaban J connectivity index is 2.61. The highest BCUT2D eigenvalue weighted by atomic mass is 16.6. The Morgan fingerprint density at radius 2 is 2.30 bits per heavy atom. The van der Waals surface area contributed by atoms with Crippen LogP contribution >= 0.6 is 0 Å². The van der Waals surface area contributed by atoms with E-state index in [1.54, 1.807) is 4.90 Å². The Bertz CT molecular complexity index is 356. The number of carbonyl (C=O) groups is 1. The first-order chi connectivity index (χ1) is 9.35. The second-order valence-electron chi connectivity index (χ2n) is 5.98. The minimum atomic E-state index is -0.642. The molecular weight excluding hydrogens is 258 g/mol.